The van der Waals surface area contributed by atoms with Gasteiger partial charge in [0.2, 0.25) is 5.91 Å². The van der Waals surface area contributed by atoms with Gasteiger partial charge in [-0.15, -0.1) is 0 Å². The molecule has 0 aromatic rings. The van der Waals surface area contributed by atoms with Gasteiger partial charge >= 0.3 is 0 Å². The number of carbonyl (C=O) groups excluding carboxylic acids is 1. The third-order valence-electron chi connectivity index (χ3n) is 13.7. The number of unbranched alkanes of at least 4 members (excludes halogenated alkanes) is 31. The van der Waals surface area contributed by atoms with Gasteiger partial charge in [0, 0.05) is 6.42 Å². The summed E-state index contributed by atoms with van der Waals surface area (Å²) in [6.07, 6.45) is 96.6. The molecule has 0 saturated carbocycles. The fourth-order valence-electron chi connectivity index (χ4n) is 9.00. The minimum absolute atomic E-state index is 0.0773. The molecular weight excluding hydrogens is 891 g/mol. The molecule has 2 atom stereocenters. The maximum Gasteiger partial charge on any atom is 0.220 e. The number of carbonyl (C=O) groups is 1. The minimum atomic E-state index is -0.854. The summed E-state index contributed by atoms with van der Waals surface area (Å²) in [5, 5.41) is 23.2. The second-order valence-corrected chi connectivity index (χ2v) is 20.7. The van der Waals surface area contributed by atoms with Crippen LogP contribution in [0.1, 0.15) is 290 Å². The molecule has 4 nitrogen and oxygen atoms in total. The fraction of sp³-hybridized carbons (Fsp3) is 0.696. The Morgan fingerprint density at radius 3 is 0.904 bits per heavy atom. The van der Waals surface area contributed by atoms with Gasteiger partial charge in [0.15, 0.2) is 0 Å². The molecule has 0 fully saturated rings. The Balaban J connectivity index is 3.60. The molecule has 0 saturated heterocycles. The van der Waals surface area contributed by atoms with Crippen LogP contribution < -0.4 is 5.32 Å². The van der Waals surface area contributed by atoms with E-state index in [1.54, 1.807) is 6.08 Å². The van der Waals surface area contributed by atoms with E-state index in [0.29, 0.717) is 6.42 Å². The molecule has 0 radical (unpaired) electrons. The molecule has 0 spiro atoms. The van der Waals surface area contributed by atoms with E-state index in [1.165, 1.54) is 173 Å². The van der Waals surface area contributed by atoms with E-state index in [1.807, 2.05) is 6.08 Å². The summed E-state index contributed by atoms with van der Waals surface area (Å²) in [4.78, 5) is 12.5. The van der Waals surface area contributed by atoms with Gasteiger partial charge in [0.25, 0.3) is 0 Å². The molecule has 4 heteroatoms. The average Bonchev–Trinajstić information content (AvgIpc) is 3.40. The molecule has 418 valence electrons. The summed E-state index contributed by atoms with van der Waals surface area (Å²) in [5.74, 6) is -0.0773. The average molecular weight is 1010 g/mol. The Kier molecular flexibility index (Phi) is 60.3. The molecule has 0 aromatic heterocycles. The van der Waals surface area contributed by atoms with Crippen molar-refractivity contribution in [1.82, 2.24) is 5.32 Å². The number of aliphatic hydroxyl groups excluding tert-OH is 2. The zero-order chi connectivity index (χ0) is 52.7. The van der Waals surface area contributed by atoms with Gasteiger partial charge in [-0.25, -0.2) is 0 Å². The van der Waals surface area contributed by atoms with Crippen LogP contribution in [0.4, 0.5) is 0 Å². The van der Waals surface area contributed by atoms with E-state index in [4.69, 9.17) is 0 Å². The number of rotatable bonds is 56. The monoisotopic (exact) mass is 1010 g/mol. The van der Waals surface area contributed by atoms with Gasteiger partial charge in [-0.2, -0.15) is 0 Å². The van der Waals surface area contributed by atoms with Crippen molar-refractivity contribution >= 4 is 5.91 Å². The van der Waals surface area contributed by atoms with Gasteiger partial charge in [-0.1, -0.05) is 315 Å². The van der Waals surface area contributed by atoms with Gasteiger partial charge in [-0.05, 0) is 89.9 Å². The van der Waals surface area contributed by atoms with Crippen LogP contribution in [0.25, 0.3) is 0 Å². The molecule has 1 amide bonds. The Labute approximate surface area is 454 Å². The molecule has 0 bridgehead atoms. The molecule has 0 aromatic carbocycles. The lowest BCUT2D eigenvalue weighted by molar-refractivity contribution is -0.123. The Morgan fingerprint density at radius 2 is 0.603 bits per heavy atom. The number of nitrogens with one attached hydrogen (secondary N) is 1. The zero-order valence-electron chi connectivity index (χ0n) is 48.1. The maximum absolute atomic E-state index is 12.5. The highest BCUT2D eigenvalue weighted by Crippen LogP contribution is 2.17. The number of allylic oxidation sites excluding steroid dienone is 19. The third kappa shape index (κ3) is 59.5. The van der Waals surface area contributed by atoms with Crippen molar-refractivity contribution in [3.8, 4) is 0 Å². The highest BCUT2D eigenvalue weighted by Gasteiger charge is 2.18. The molecule has 73 heavy (non-hydrogen) atoms. The first-order valence-corrected chi connectivity index (χ1v) is 31.2. The first-order chi connectivity index (χ1) is 36.2. The largest absolute Gasteiger partial charge is 0.394 e. The molecule has 3 N–H and O–H groups in total. The highest BCUT2D eigenvalue weighted by atomic mass is 16.3. The molecule has 0 aliphatic carbocycles. The van der Waals surface area contributed by atoms with Crippen molar-refractivity contribution in [3.63, 3.8) is 0 Å². The lowest BCUT2D eigenvalue weighted by atomic mass is 10.0. The minimum Gasteiger partial charge on any atom is -0.394 e. The van der Waals surface area contributed by atoms with E-state index < -0.39 is 12.1 Å². The van der Waals surface area contributed by atoms with Crippen LogP contribution in [0.3, 0.4) is 0 Å². The molecule has 0 aliphatic heterocycles. The van der Waals surface area contributed by atoms with Crippen LogP contribution in [-0.2, 0) is 4.79 Å². The van der Waals surface area contributed by atoms with Crippen LogP contribution in [0.5, 0.6) is 0 Å². The van der Waals surface area contributed by atoms with Crippen molar-refractivity contribution in [2.75, 3.05) is 6.61 Å². The van der Waals surface area contributed by atoms with E-state index in [-0.39, 0.29) is 12.5 Å². The van der Waals surface area contributed by atoms with E-state index in [2.05, 4.69) is 129 Å². The lowest BCUT2D eigenvalue weighted by Crippen LogP contribution is -2.45. The summed E-state index contributed by atoms with van der Waals surface area (Å²) in [6.45, 7) is 4.21. The summed E-state index contributed by atoms with van der Waals surface area (Å²) in [7, 11) is 0. The predicted octanol–water partition coefficient (Wildman–Crippen LogP) is 21.2. The number of hydrogen-bond acceptors (Lipinski definition) is 3. The standard InChI is InChI=1S/C69H119NO3/c1-3-5-7-9-11-13-15-17-19-21-23-25-27-29-31-32-33-34-35-36-37-38-39-41-43-45-47-49-51-53-55-57-59-61-63-65-69(73)70-67(66-71)68(72)64-62-60-58-56-54-52-50-48-46-44-42-40-30-28-26-24-22-20-18-16-14-12-10-8-6-4-2/h5,7,11,13,17,19,23,25,29,31,33-34,36-37,39,41,45,47,62,64,67-68,71-72H,3-4,6,8-10,12,14-16,18,20-22,24,26-28,30,32,35,38,40,42-44,46,48-61,63,65-66H2,1-2H3,(H,70,73)/b7-5-,13-11-,19-17-,25-23-,31-29-,34-33-,37-36-,41-39-,47-45-,64-62+. The predicted molar refractivity (Wildman–Crippen MR) is 326 cm³/mol. The van der Waals surface area contributed by atoms with E-state index >= 15 is 0 Å². The zero-order valence-corrected chi connectivity index (χ0v) is 48.1. The van der Waals surface area contributed by atoms with Crippen molar-refractivity contribution < 1.29 is 15.0 Å². The smallest absolute Gasteiger partial charge is 0.220 e. The van der Waals surface area contributed by atoms with Crippen LogP contribution in [0.15, 0.2) is 122 Å². The summed E-state index contributed by atoms with van der Waals surface area (Å²) in [5.41, 5.74) is 0. The maximum atomic E-state index is 12.5. The Bertz CT molecular complexity index is 1420. The first kappa shape index (κ1) is 69.8. The van der Waals surface area contributed by atoms with Crippen molar-refractivity contribution in [2.45, 2.75) is 302 Å². The van der Waals surface area contributed by atoms with Gasteiger partial charge in [0.1, 0.15) is 0 Å². The molecular formula is C69H119NO3. The third-order valence-corrected chi connectivity index (χ3v) is 13.7. The van der Waals surface area contributed by atoms with Gasteiger partial charge < -0.3 is 15.5 Å². The SMILES string of the molecule is CC/C=C\C/C=C\C/C=C\C/C=C\C/C=C\C/C=C\C/C=C\C/C=C\C/C=C\CCCCCCCCCC(=O)NC(CO)C(O)/C=C/CCCCCCCCCCCCCCCCCCCCCCCCCC. The molecule has 2 unspecified atom stereocenters. The fourth-order valence-corrected chi connectivity index (χ4v) is 9.00. The Morgan fingerprint density at radius 1 is 0.342 bits per heavy atom. The lowest BCUT2D eigenvalue weighted by Gasteiger charge is -2.20. The Hall–Kier alpha value is -3.21. The number of amides is 1. The molecule has 0 heterocycles. The van der Waals surface area contributed by atoms with Crippen molar-refractivity contribution in [1.29, 1.82) is 0 Å². The van der Waals surface area contributed by atoms with Crippen LogP contribution in [0, 0.1) is 0 Å². The van der Waals surface area contributed by atoms with Crippen LogP contribution >= 0.6 is 0 Å². The summed E-state index contributed by atoms with van der Waals surface area (Å²) >= 11 is 0. The van der Waals surface area contributed by atoms with Crippen LogP contribution in [0.2, 0.25) is 0 Å². The van der Waals surface area contributed by atoms with Crippen molar-refractivity contribution in [3.05, 3.63) is 122 Å². The second-order valence-electron chi connectivity index (χ2n) is 20.7. The first-order valence-electron chi connectivity index (χ1n) is 31.2. The summed E-state index contributed by atoms with van der Waals surface area (Å²) < 4.78 is 0. The number of hydrogen-bond donors (Lipinski definition) is 3. The quantitative estimate of drug-likeness (QED) is 0.0420. The highest BCUT2D eigenvalue weighted by molar-refractivity contribution is 5.76. The van der Waals surface area contributed by atoms with E-state index in [0.717, 1.165) is 96.3 Å². The second kappa shape index (κ2) is 63.1. The normalized spacial score (nSPS) is 13.6. The topological polar surface area (TPSA) is 69.6 Å². The van der Waals surface area contributed by atoms with E-state index in [9.17, 15) is 15.0 Å². The van der Waals surface area contributed by atoms with Crippen molar-refractivity contribution in [2.24, 2.45) is 0 Å². The van der Waals surface area contributed by atoms with Gasteiger partial charge in [0.05, 0.1) is 18.8 Å². The van der Waals surface area contributed by atoms with Crippen LogP contribution in [-0.4, -0.2) is 34.9 Å². The van der Waals surface area contributed by atoms with Gasteiger partial charge in [-0.3, -0.25) is 4.79 Å². The molecule has 0 rings (SSSR count). The summed E-state index contributed by atoms with van der Waals surface area (Å²) in [6, 6.07) is -0.639. The number of aliphatic hydroxyl groups is 2. The molecule has 0 aliphatic rings.